The summed E-state index contributed by atoms with van der Waals surface area (Å²) in [4.78, 5) is -0.725. The zero-order chi connectivity index (χ0) is 15.3. The van der Waals surface area contributed by atoms with Crippen LogP contribution in [-0.4, -0.2) is 35.1 Å². The third-order valence-corrected chi connectivity index (χ3v) is 6.50. The maximum absolute atomic E-state index is 12.4. The van der Waals surface area contributed by atoms with Gasteiger partial charge in [0.25, 0.3) is 0 Å². The molecule has 1 aromatic carbocycles. The largest absolute Gasteiger partial charge is 0.373 e. The van der Waals surface area contributed by atoms with E-state index in [1.165, 1.54) is 24.3 Å². The summed E-state index contributed by atoms with van der Waals surface area (Å²) in [6.45, 7) is 0. The van der Waals surface area contributed by atoms with E-state index in [1.54, 1.807) is 0 Å². The third-order valence-electron chi connectivity index (χ3n) is 3.86. The summed E-state index contributed by atoms with van der Waals surface area (Å²) < 4.78 is 56.1. The lowest BCUT2D eigenvalue weighted by molar-refractivity contribution is 0.0996. The SMILES string of the molecule is NS(=O)(=O)c1ccccc1S(=O)(=O)NC1CC2CCC1O2. The molecule has 2 bridgehead atoms. The highest BCUT2D eigenvalue weighted by atomic mass is 32.2. The lowest BCUT2D eigenvalue weighted by atomic mass is 9.96. The highest BCUT2D eigenvalue weighted by molar-refractivity contribution is 7.92. The van der Waals surface area contributed by atoms with Crippen molar-refractivity contribution in [1.82, 2.24) is 4.72 Å². The second kappa shape index (κ2) is 5.03. The van der Waals surface area contributed by atoms with Crippen molar-refractivity contribution in [2.75, 3.05) is 0 Å². The Hall–Kier alpha value is -1.00. The number of nitrogens with two attached hydrogens (primary N) is 1. The van der Waals surface area contributed by atoms with E-state index in [-0.39, 0.29) is 23.1 Å². The van der Waals surface area contributed by atoms with E-state index >= 15 is 0 Å². The van der Waals surface area contributed by atoms with Crippen LogP contribution in [0.25, 0.3) is 0 Å². The molecule has 3 rings (SSSR count). The Bertz CT molecular complexity index is 760. The Morgan fingerprint density at radius 2 is 1.76 bits per heavy atom. The predicted molar refractivity (Wildman–Crippen MR) is 74.4 cm³/mol. The summed E-state index contributed by atoms with van der Waals surface area (Å²) in [5.74, 6) is 0. The molecule has 2 fully saturated rings. The minimum absolute atomic E-state index is 0.0937. The van der Waals surface area contributed by atoms with Crippen molar-refractivity contribution in [1.29, 1.82) is 0 Å². The number of primary sulfonamides is 1. The summed E-state index contributed by atoms with van der Waals surface area (Å²) >= 11 is 0. The second-order valence-corrected chi connectivity index (χ2v) is 8.54. The molecule has 7 nitrogen and oxygen atoms in total. The van der Waals surface area contributed by atoms with Gasteiger partial charge in [0, 0.05) is 0 Å². The van der Waals surface area contributed by atoms with Crippen LogP contribution in [0, 0.1) is 0 Å². The molecule has 2 saturated heterocycles. The van der Waals surface area contributed by atoms with Gasteiger partial charge in [-0.1, -0.05) is 12.1 Å². The maximum Gasteiger partial charge on any atom is 0.242 e. The van der Waals surface area contributed by atoms with E-state index in [1.807, 2.05) is 0 Å². The van der Waals surface area contributed by atoms with Crippen molar-refractivity contribution in [3.05, 3.63) is 24.3 Å². The molecule has 3 atom stereocenters. The monoisotopic (exact) mass is 332 g/mol. The fraction of sp³-hybridized carbons (Fsp3) is 0.500. The van der Waals surface area contributed by atoms with Crippen molar-refractivity contribution >= 4 is 20.0 Å². The van der Waals surface area contributed by atoms with E-state index in [4.69, 9.17) is 9.88 Å². The minimum Gasteiger partial charge on any atom is -0.373 e. The fourth-order valence-corrected chi connectivity index (χ4v) is 5.59. The highest BCUT2D eigenvalue weighted by Gasteiger charge is 2.43. The Morgan fingerprint density at radius 3 is 2.29 bits per heavy atom. The molecular formula is C12H16N2O5S2. The maximum atomic E-state index is 12.4. The zero-order valence-electron chi connectivity index (χ0n) is 11.1. The van der Waals surface area contributed by atoms with Gasteiger partial charge < -0.3 is 4.74 Å². The highest BCUT2D eigenvalue weighted by Crippen LogP contribution is 2.35. The molecular weight excluding hydrogens is 316 g/mol. The van der Waals surface area contributed by atoms with Gasteiger partial charge in [0.15, 0.2) is 0 Å². The van der Waals surface area contributed by atoms with E-state index < -0.39 is 24.9 Å². The molecule has 0 radical (unpaired) electrons. The minimum atomic E-state index is -4.11. The van der Waals surface area contributed by atoms with Gasteiger partial charge in [-0.05, 0) is 31.4 Å². The molecule has 3 unspecified atom stereocenters. The first-order valence-electron chi connectivity index (χ1n) is 6.57. The smallest absolute Gasteiger partial charge is 0.242 e. The van der Waals surface area contributed by atoms with Gasteiger partial charge in [-0.15, -0.1) is 0 Å². The van der Waals surface area contributed by atoms with Crippen LogP contribution in [0.4, 0.5) is 0 Å². The van der Waals surface area contributed by atoms with Crippen LogP contribution in [-0.2, 0) is 24.8 Å². The molecule has 1 aromatic rings. The Kier molecular flexibility index (Phi) is 3.57. The first kappa shape index (κ1) is 14.9. The molecule has 9 heteroatoms. The topological polar surface area (TPSA) is 116 Å². The van der Waals surface area contributed by atoms with Crippen molar-refractivity contribution in [3.63, 3.8) is 0 Å². The summed E-state index contributed by atoms with van der Waals surface area (Å²) in [6, 6.07) is 4.99. The van der Waals surface area contributed by atoms with E-state index in [2.05, 4.69) is 4.72 Å². The molecule has 0 saturated carbocycles. The van der Waals surface area contributed by atoms with Crippen LogP contribution in [0.2, 0.25) is 0 Å². The summed E-state index contributed by atoms with van der Waals surface area (Å²) in [7, 11) is -8.08. The van der Waals surface area contributed by atoms with Gasteiger partial charge in [-0.2, -0.15) is 0 Å². The van der Waals surface area contributed by atoms with Crippen LogP contribution in [0.1, 0.15) is 19.3 Å². The van der Waals surface area contributed by atoms with Gasteiger partial charge in [-0.3, -0.25) is 0 Å². The van der Waals surface area contributed by atoms with Gasteiger partial charge in [0.2, 0.25) is 20.0 Å². The van der Waals surface area contributed by atoms with Crippen molar-refractivity contribution < 1.29 is 21.6 Å². The van der Waals surface area contributed by atoms with Crippen LogP contribution in [0.15, 0.2) is 34.1 Å². The average Bonchev–Trinajstić information content (AvgIpc) is 2.99. The lowest BCUT2D eigenvalue weighted by Crippen LogP contribution is -2.41. The predicted octanol–water partition coefficient (Wildman–Crippen LogP) is -0.0678. The van der Waals surface area contributed by atoms with Crippen LogP contribution < -0.4 is 9.86 Å². The first-order chi connectivity index (χ1) is 9.77. The molecule has 3 N–H and O–H groups in total. The number of fused-ring (bicyclic) bond motifs is 2. The van der Waals surface area contributed by atoms with Gasteiger partial charge in [0.05, 0.1) is 18.2 Å². The first-order valence-corrected chi connectivity index (χ1v) is 9.60. The van der Waals surface area contributed by atoms with Gasteiger partial charge >= 0.3 is 0 Å². The quantitative estimate of drug-likeness (QED) is 0.801. The molecule has 2 heterocycles. The van der Waals surface area contributed by atoms with E-state index in [0.717, 1.165) is 12.8 Å². The third kappa shape index (κ3) is 2.84. The fourth-order valence-electron chi connectivity index (χ4n) is 2.93. The van der Waals surface area contributed by atoms with Crippen LogP contribution >= 0.6 is 0 Å². The zero-order valence-corrected chi connectivity index (χ0v) is 12.7. The van der Waals surface area contributed by atoms with Crippen molar-refractivity contribution in [2.24, 2.45) is 5.14 Å². The van der Waals surface area contributed by atoms with Crippen LogP contribution in [0.3, 0.4) is 0 Å². The molecule has 0 amide bonds. The summed E-state index contributed by atoms with van der Waals surface area (Å²) in [5, 5.41) is 5.08. The van der Waals surface area contributed by atoms with Crippen molar-refractivity contribution in [2.45, 2.75) is 47.3 Å². The molecule has 2 aliphatic rings. The normalized spacial score (nSPS) is 28.9. The molecule has 21 heavy (non-hydrogen) atoms. The molecule has 0 aliphatic carbocycles. The molecule has 2 aliphatic heterocycles. The second-order valence-electron chi connectivity index (χ2n) is 5.33. The van der Waals surface area contributed by atoms with Crippen molar-refractivity contribution in [3.8, 4) is 0 Å². The number of sulfonamides is 2. The number of ether oxygens (including phenoxy) is 1. The van der Waals surface area contributed by atoms with E-state index in [0.29, 0.717) is 6.42 Å². The molecule has 116 valence electrons. The number of rotatable bonds is 4. The number of benzene rings is 1. The standard InChI is InChI=1S/C12H16N2O5S2/c13-20(15,16)11-3-1-2-4-12(11)21(17,18)14-9-7-8-5-6-10(9)19-8/h1-4,8-10,14H,5-7H2,(H2,13,15,16). The number of nitrogens with one attached hydrogen (secondary N) is 1. The lowest BCUT2D eigenvalue weighted by Gasteiger charge is -2.20. The summed E-state index contributed by atoms with van der Waals surface area (Å²) in [6.07, 6.45) is 2.33. The Morgan fingerprint density at radius 1 is 1.10 bits per heavy atom. The number of hydrogen-bond acceptors (Lipinski definition) is 5. The number of hydrogen-bond donors (Lipinski definition) is 2. The average molecular weight is 332 g/mol. The molecule has 0 spiro atoms. The molecule has 0 aromatic heterocycles. The Labute approximate surface area is 123 Å². The van der Waals surface area contributed by atoms with Gasteiger partial charge in [-0.25, -0.2) is 26.7 Å². The van der Waals surface area contributed by atoms with Gasteiger partial charge in [0.1, 0.15) is 9.79 Å². The van der Waals surface area contributed by atoms with Crippen LogP contribution in [0.5, 0.6) is 0 Å². The summed E-state index contributed by atoms with van der Waals surface area (Å²) in [5.41, 5.74) is 0. The van der Waals surface area contributed by atoms with E-state index in [9.17, 15) is 16.8 Å². The Balaban J connectivity index is 1.93.